The van der Waals surface area contributed by atoms with Gasteiger partial charge < -0.3 is 9.84 Å². The van der Waals surface area contributed by atoms with Gasteiger partial charge in [0, 0.05) is 0 Å². The topological polar surface area (TPSA) is 51.0 Å². The maximum absolute atomic E-state index is 5.30. The number of hydrogen-bond donors (Lipinski definition) is 1. The van der Waals surface area contributed by atoms with Crippen LogP contribution >= 0.6 is 11.8 Å². The van der Waals surface area contributed by atoms with Crippen LogP contribution in [0.1, 0.15) is 50.4 Å². The van der Waals surface area contributed by atoms with E-state index in [-0.39, 0.29) is 6.04 Å². The van der Waals surface area contributed by atoms with Crippen molar-refractivity contribution >= 4 is 11.8 Å². The standard InChI is InChI=1S/C11H19N3OS/c1-2-7-16-8-10-13-11(15-14-10)9-5-3-4-6-12-9/h9,12H,2-8H2,1H3. The minimum Gasteiger partial charge on any atom is -0.338 e. The lowest BCUT2D eigenvalue weighted by Gasteiger charge is -2.19. The van der Waals surface area contributed by atoms with Gasteiger partial charge in [0.1, 0.15) is 0 Å². The summed E-state index contributed by atoms with van der Waals surface area (Å²) in [5, 5.41) is 7.43. The van der Waals surface area contributed by atoms with E-state index >= 15 is 0 Å². The number of piperidine rings is 1. The SMILES string of the molecule is CCCSCc1noc(C2CCCCN2)n1. The van der Waals surface area contributed by atoms with Crippen LogP contribution < -0.4 is 5.32 Å². The van der Waals surface area contributed by atoms with Gasteiger partial charge in [-0.25, -0.2) is 0 Å². The molecule has 1 atom stereocenters. The highest BCUT2D eigenvalue weighted by molar-refractivity contribution is 7.98. The van der Waals surface area contributed by atoms with Crippen molar-refractivity contribution in [3.63, 3.8) is 0 Å². The van der Waals surface area contributed by atoms with Crippen LogP contribution in [-0.4, -0.2) is 22.4 Å². The van der Waals surface area contributed by atoms with Gasteiger partial charge in [-0.3, -0.25) is 0 Å². The van der Waals surface area contributed by atoms with E-state index in [1.54, 1.807) is 0 Å². The summed E-state index contributed by atoms with van der Waals surface area (Å²) in [5.41, 5.74) is 0. The van der Waals surface area contributed by atoms with Crippen molar-refractivity contribution in [3.05, 3.63) is 11.7 Å². The van der Waals surface area contributed by atoms with Crippen molar-refractivity contribution in [3.8, 4) is 0 Å². The Morgan fingerprint density at radius 3 is 3.19 bits per heavy atom. The van der Waals surface area contributed by atoms with Gasteiger partial charge in [-0.1, -0.05) is 18.5 Å². The number of aromatic nitrogens is 2. The summed E-state index contributed by atoms with van der Waals surface area (Å²) in [7, 11) is 0. The molecule has 1 aliphatic rings. The third kappa shape index (κ3) is 3.22. The first-order valence-electron chi connectivity index (χ1n) is 6.03. The molecule has 2 rings (SSSR count). The summed E-state index contributed by atoms with van der Waals surface area (Å²) >= 11 is 1.86. The Balaban J connectivity index is 1.85. The molecule has 5 heteroatoms. The van der Waals surface area contributed by atoms with Crippen LogP contribution in [0.2, 0.25) is 0 Å². The lowest BCUT2D eigenvalue weighted by Crippen LogP contribution is -2.26. The molecule has 0 saturated carbocycles. The van der Waals surface area contributed by atoms with Crippen LogP contribution in [0.3, 0.4) is 0 Å². The molecule has 4 nitrogen and oxygen atoms in total. The van der Waals surface area contributed by atoms with Crippen molar-refractivity contribution in [2.75, 3.05) is 12.3 Å². The predicted molar refractivity (Wildman–Crippen MR) is 65.3 cm³/mol. The first kappa shape index (κ1) is 11.9. The number of thioether (sulfide) groups is 1. The Kier molecular flexibility index (Phi) is 4.66. The average Bonchev–Trinajstić information content (AvgIpc) is 2.79. The van der Waals surface area contributed by atoms with E-state index in [4.69, 9.17) is 4.52 Å². The molecule has 0 bridgehead atoms. The van der Waals surface area contributed by atoms with Gasteiger partial charge in [0.15, 0.2) is 5.82 Å². The van der Waals surface area contributed by atoms with Crippen molar-refractivity contribution in [1.29, 1.82) is 0 Å². The zero-order valence-corrected chi connectivity index (χ0v) is 10.6. The molecule has 1 saturated heterocycles. The maximum atomic E-state index is 5.30. The summed E-state index contributed by atoms with van der Waals surface area (Å²) < 4.78 is 5.30. The third-order valence-electron chi connectivity index (χ3n) is 2.67. The number of hydrogen-bond acceptors (Lipinski definition) is 5. The van der Waals surface area contributed by atoms with Gasteiger partial charge in [0.25, 0.3) is 0 Å². The summed E-state index contributed by atoms with van der Waals surface area (Å²) in [4.78, 5) is 4.44. The van der Waals surface area contributed by atoms with E-state index in [9.17, 15) is 0 Å². The molecule has 0 aromatic carbocycles. The first-order valence-corrected chi connectivity index (χ1v) is 7.19. The van der Waals surface area contributed by atoms with Crippen molar-refractivity contribution in [2.45, 2.75) is 44.4 Å². The average molecular weight is 241 g/mol. The molecule has 1 aromatic heterocycles. The molecule has 1 aliphatic heterocycles. The van der Waals surface area contributed by atoms with Crippen LogP contribution in [-0.2, 0) is 5.75 Å². The Hall–Kier alpha value is -0.550. The van der Waals surface area contributed by atoms with Crippen molar-refractivity contribution < 1.29 is 4.52 Å². The molecule has 1 unspecified atom stereocenters. The molecule has 1 aromatic rings. The highest BCUT2D eigenvalue weighted by Crippen LogP contribution is 2.22. The van der Waals surface area contributed by atoms with E-state index in [0.717, 1.165) is 36.2 Å². The Bertz CT molecular complexity index is 310. The fourth-order valence-corrected chi connectivity index (χ4v) is 2.57. The molecule has 16 heavy (non-hydrogen) atoms. The largest absolute Gasteiger partial charge is 0.338 e. The fraction of sp³-hybridized carbons (Fsp3) is 0.818. The fourth-order valence-electron chi connectivity index (χ4n) is 1.84. The lowest BCUT2D eigenvalue weighted by atomic mass is 10.1. The van der Waals surface area contributed by atoms with Gasteiger partial charge in [-0.15, -0.1) is 0 Å². The summed E-state index contributed by atoms with van der Waals surface area (Å²) in [6, 6.07) is 0.283. The Labute approximate surface area is 101 Å². The third-order valence-corrected chi connectivity index (χ3v) is 3.83. The van der Waals surface area contributed by atoms with E-state index in [1.165, 1.54) is 19.3 Å². The van der Waals surface area contributed by atoms with Crippen LogP contribution in [0, 0.1) is 0 Å². The number of nitrogens with one attached hydrogen (secondary N) is 1. The number of rotatable bonds is 5. The van der Waals surface area contributed by atoms with E-state index in [1.807, 2.05) is 11.8 Å². The Morgan fingerprint density at radius 1 is 1.50 bits per heavy atom. The second-order valence-corrected chi connectivity index (χ2v) is 5.21. The lowest BCUT2D eigenvalue weighted by molar-refractivity contribution is 0.296. The maximum Gasteiger partial charge on any atom is 0.243 e. The minimum absolute atomic E-state index is 0.283. The quantitative estimate of drug-likeness (QED) is 0.803. The second kappa shape index (κ2) is 6.25. The second-order valence-electron chi connectivity index (χ2n) is 4.10. The minimum atomic E-state index is 0.283. The van der Waals surface area contributed by atoms with Crippen LogP contribution in [0.5, 0.6) is 0 Å². The zero-order valence-electron chi connectivity index (χ0n) is 9.74. The predicted octanol–water partition coefficient (Wildman–Crippen LogP) is 2.53. The summed E-state index contributed by atoms with van der Waals surface area (Å²) in [5.74, 6) is 3.63. The van der Waals surface area contributed by atoms with Gasteiger partial charge in [0.05, 0.1) is 11.8 Å². The van der Waals surface area contributed by atoms with Gasteiger partial charge in [-0.05, 0) is 31.6 Å². The Morgan fingerprint density at radius 2 is 2.44 bits per heavy atom. The van der Waals surface area contributed by atoms with Crippen LogP contribution in [0.15, 0.2) is 4.52 Å². The van der Waals surface area contributed by atoms with Gasteiger partial charge >= 0.3 is 0 Å². The van der Waals surface area contributed by atoms with Crippen molar-refractivity contribution in [1.82, 2.24) is 15.5 Å². The molecular formula is C11H19N3OS. The van der Waals surface area contributed by atoms with E-state index < -0.39 is 0 Å². The van der Waals surface area contributed by atoms with Gasteiger partial charge in [-0.2, -0.15) is 16.7 Å². The normalized spacial score (nSPS) is 21.2. The molecule has 0 radical (unpaired) electrons. The van der Waals surface area contributed by atoms with Crippen LogP contribution in [0.25, 0.3) is 0 Å². The van der Waals surface area contributed by atoms with E-state index in [2.05, 4.69) is 22.4 Å². The highest BCUT2D eigenvalue weighted by atomic mass is 32.2. The molecular weight excluding hydrogens is 222 g/mol. The molecule has 1 fully saturated rings. The van der Waals surface area contributed by atoms with Crippen LogP contribution in [0.4, 0.5) is 0 Å². The number of nitrogens with zero attached hydrogens (tertiary/aromatic N) is 2. The molecule has 0 aliphatic carbocycles. The zero-order chi connectivity index (χ0) is 11.2. The molecule has 90 valence electrons. The van der Waals surface area contributed by atoms with E-state index in [0.29, 0.717) is 0 Å². The van der Waals surface area contributed by atoms with Crippen molar-refractivity contribution in [2.24, 2.45) is 0 Å². The molecule has 2 heterocycles. The molecule has 0 spiro atoms. The molecule has 1 N–H and O–H groups in total. The van der Waals surface area contributed by atoms with Gasteiger partial charge in [0.2, 0.25) is 5.89 Å². The monoisotopic (exact) mass is 241 g/mol. The highest BCUT2D eigenvalue weighted by Gasteiger charge is 2.20. The summed E-state index contributed by atoms with van der Waals surface area (Å²) in [6.45, 7) is 3.24. The smallest absolute Gasteiger partial charge is 0.243 e. The summed E-state index contributed by atoms with van der Waals surface area (Å²) in [6.07, 6.45) is 4.81. The first-order chi connectivity index (χ1) is 7.90. The molecule has 0 amide bonds.